The summed E-state index contributed by atoms with van der Waals surface area (Å²) in [6.45, 7) is 27.9. The number of thiophene rings is 1. The van der Waals surface area contributed by atoms with E-state index < -0.39 is 0 Å². The number of fused-ring (bicyclic) bond motifs is 2. The van der Waals surface area contributed by atoms with E-state index in [0.29, 0.717) is 0 Å². The fourth-order valence-electron chi connectivity index (χ4n) is 7.18. The van der Waals surface area contributed by atoms with Gasteiger partial charge in [-0.15, -0.1) is 11.3 Å². The molecular formula is C49H54S. The summed E-state index contributed by atoms with van der Waals surface area (Å²) in [6.07, 6.45) is 0. The van der Waals surface area contributed by atoms with E-state index in [0.717, 1.165) is 10.4 Å². The average molecular weight is 675 g/mol. The van der Waals surface area contributed by atoms with Crippen LogP contribution in [0.1, 0.15) is 138 Å². The Labute approximate surface area is 306 Å². The van der Waals surface area contributed by atoms with E-state index in [9.17, 15) is 0 Å². The minimum absolute atomic E-state index is 0.0161. The third-order valence-electron chi connectivity index (χ3n) is 10.1. The molecule has 1 heterocycles. The van der Waals surface area contributed by atoms with Crippen LogP contribution < -0.4 is 0 Å². The minimum Gasteiger partial charge on any atom is -0.131 e. The van der Waals surface area contributed by atoms with Gasteiger partial charge in [0.05, 0.1) is 4.88 Å². The molecule has 0 saturated carbocycles. The smallest absolute Gasteiger partial charge is 0.0775 e. The van der Waals surface area contributed by atoms with Crippen molar-refractivity contribution in [2.75, 3.05) is 0 Å². The monoisotopic (exact) mass is 674 g/mol. The molecule has 50 heavy (non-hydrogen) atoms. The van der Waals surface area contributed by atoms with Gasteiger partial charge >= 0.3 is 0 Å². The Bertz CT molecular complexity index is 2020. The normalized spacial score (nSPS) is 12.8. The van der Waals surface area contributed by atoms with Crippen LogP contribution in [0.15, 0.2) is 103 Å². The molecule has 256 valence electrons. The second-order valence-electron chi connectivity index (χ2n) is 18.2. The summed E-state index contributed by atoms with van der Waals surface area (Å²) in [6, 6.07) is 38.9. The van der Waals surface area contributed by atoms with Gasteiger partial charge in [-0.1, -0.05) is 174 Å². The molecule has 0 amide bonds. The summed E-state index contributed by atoms with van der Waals surface area (Å²) in [5, 5.41) is 0. The SMILES string of the molecule is CC(C)(C)c1ccc2c(C(c3ccc(C#Cc4ccccc4)s3)c3cc(C(C)(C)C)c4ccc(C(C)(C)C)ccc3-4)cc(C(C)(C)C)c-2cc1. The van der Waals surface area contributed by atoms with Gasteiger partial charge in [0.15, 0.2) is 0 Å². The fraction of sp³-hybridized carbons (Fsp3) is 0.347. The van der Waals surface area contributed by atoms with Crippen LogP contribution >= 0.6 is 11.3 Å². The van der Waals surface area contributed by atoms with Crippen molar-refractivity contribution in [2.45, 2.75) is 111 Å². The van der Waals surface area contributed by atoms with Crippen molar-refractivity contribution in [2.24, 2.45) is 0 Å². The van der Waals surface area contributed by atoms with Crippen LogP contribution in [0.5, 0.6) is 0 Å². The van der Waals surface area contributed by atoms with Gasteiger partial charge in [-0.3, -0.25) is 0 Å². The van der Waals surface area contributed by atoms with E-state index in [1.54, 1.807) is 0 Å². The van der Waals surface area contributed by atoms with Crippen molar-refractivity contribution >= 4 is 11.3 Å². The van der Waals surface area contributed by atoms with Gasteiger partial charge in [-0.05, 0) is 102 Å². The highest BCUT2D eigenvalue weighted by Crippen LogP contribution is 2.51. The third-order valence-corrected chi connectivity index (χ3v) is 11.2. The molecule has 0 bridgehead atoms. The fourth-order valence-corrected chi connectivity index (χ4v) is 8.18. The van der Waals surface area contributed by atoms with Gasteiger partial charge in [0, 0.05) is 16.4 Å². The lowest BCUT2D eigenvalue weighted by molar-refractivity contribution is 0.590. The number of rotatable bonds is 3. The van der Waals surface area contributed by atoms with E-state index in [-0.39, 0.29) is 27.6 Å². The van der Waals surface area contributed by atoms with Crippen molar-refractivity contribution < 1.29 is 0 Å². The lowest BCUT2D eigenvalue weighted by Gasteiger charge is -2.19. The molecule has 1 heteroatoms. The summed E-state index contributed by atoms with van der Waals surface area (Å²) in [5.41, 5.74) is 14.7. The molecule has 0 aliphatic heterocycles. The van der Waals surface area contributed by atoms with Crippen molar-refractivity contribution in [1.29, 1.82) is 0 Å². The summed E-state index contributed by atoms with van der Waals surface area (Å²) in [7, 11) is 0. The van der Waals surface area contributed by atoms with Crippen molar-refractivity contribution in [1.82, 2.24) is 0 Å². The Kier molecular flexibility index (Phi) is 9.20. The largest absolute Gasteiger partial charge is 0.131 e. The second-order valence-corrected chi connectivity index (χ2v) is 19.3. The maximum Gasteiger partial charge on any atom is 0.0775 e. The van der Waals surface area contributed by atoms with Crippen LogP contribution in [-0.2, 0) is 21.7 Å². The second kappa shape index (κ2) is 12.9. The Morgan fingerprint density at radius 2 is 0.880 bits per heavy atom. The molecule has 0 saturated heterocycles. The molecule has 6 rings (SSSR count). The summed E-state index contributed by atoms with van der Waals surface area (Å²) in [4.78, 5) is 2.42. The van der Waals surface area contributed by atoms with Crippen LogP contribution in [0, 0.1) is 11.8 Å². The number of hydrogen-bond acceptors (Lipinski definition) is 1. The molecule has 4 aliphatic rings. The van der Waals surface area contributed by atoms with Crippen LogP contribution in [0.4, 0.5) is 0 Å². The number of benzene rings is 1. The Morgan fingerprint density at radius 3 is 1.30 bits per heavy atom. The van der Waals surface area contributed by atoms with Crippen molar-refractivity contribution in [3.63, 3.8) is 0 Å². The lowest BCUT2D eigenvalue weighted by Crippen LogP contribution is -2.11. The molecule has 0 radical (unpaired) electrons. The molecule has 2 aromatic rings. The van der Waals surface area contributed by atoms with Crippen LogP contribution in [0.25, 0.3) is 22.3 Å². The van der Waals surface area contributed by atoms with Crippen molar-refractivity contribution in [3.8, 4) is 34.1 Å². The molecule has 4 aliphatic carbocycles. The topological polar surface area (TPSA) is 0 Å². The first kappa shape index (κ1) is 35.7. The summed E-state index contributed by atoms with van der Waals surface area (Å²) < 4.78 is 0. The van der Waals surface area contributed by atoms with Gasteiger partial charge in [0.25, 0.3) is 0 Å². The first-order valence-corrected chi connectivity index (χ1v) is 19.0. The van der Waals surface area contributed by atoms with Crippen molar-refractivity contribution in [3.05, 3.63) is 152 Å². The van der Waals surface area contributed by atoms with Gasteiger partial charge < -0.3 is 0 Å². The van der Waals surface area contributed by atoms with E-state index in [2.05, 4.69) is 192 Å². The highest BCUT2D eigenvalue weighted by Gasteiger charge is 2.34. The third kappa shape index (κ3) is 7.20. The molecular weight excluding hydrogens is 621 g/mol. The van der Waals surface area contributed by atoms with Gasteiger partial charge in [-0.25, -0.2) is 0 Å². The standard InChI is InChI=1S/C49H54S/c1-46(2,3)33-19-25-36-38(27-21-33)42(48(7,8)9)30-40(36)45(44-29-24-35(50-44)23-18-32-16-14-13-15-17-32)41-31-43(49(10,11)12)39-28-22-34(47(4,5)6)20-26-37(39)41/h13-17,19-22,24-31,45H,1-12H3. The van der Waals surface area contributed by atoms with Gasteiger partial charge in [0.2, 0.25) is 0 Å². The molecule has 0 unspecified atom stereocenters. The zero-order chi connectivity index (χ0) is 36.2. The predicted octanol–water partition coefficient (Wildman–Crippen LogP) is 13.7. The minimum atomic E-state index is -0.0161. The van der Waals surface area contributed by atoms with E-state index in [1.807, 2.05) is 17.4 Å². The first-order chi connectivity index (χ1) is 23.3. The predicted molar refractivity (Wildman–Crippen MR) is 219 cm³/mol. The summed E-state index contributed by atoms with van der Waals surface area (Å²) >= 11 is 1.84. The zero-order valence-electron chi connectivity index (χ0n) is 32.3. The quantitative estimate of drug-likeness (QED) is 0.164. The molecule has 0 atom stereocenters. The Hall–Kier alpha value is -4.12. The average Bonchev–Trinajstić information content (AvgIpc) is 3.62. The summed E-state index contributed by atoms with van der Waals surface area (Å²) in [5.74, 6) is 6.96. The lowest BCUT2D eigenvalue weighted by atomic mass is 9.85. The van der Waals surface area contributed by atoms with Crippen LogP contribution in [0.2, 0.25) is 0 Å². The van der Waals surface area contributed by atoms with Crippen LogP contribution in [-0.4, -0.2) is 0 Å². The van der Waals surface area contributed by atoms with E-state index in [4.69, 9.17) is 0 Å². The molecule has 1 aromatic heterocycles. The first-order valence-electron chi connectivity index (χ1n) is 18.1. The zero-order valence-corrected chi connectivity index (χ0v) is 33.1. The van der Waals surface area contributed by atoms with E-state index >= 15 is 0 Å². The molecule has 0 spiro atoms. The Morgan fingerprint density at radius 1 is 0.440 bits per heavy atom. The van der Waals surface area contributed by atoms with Gasteiger partial charge in [-0.2, -0.15) is 0 Å². The number of hydrogen-bond donors (Lipinski definition) is 0. The Balaban J connectivity index is 1.67. The molecule has 0 nitrogen and oxygen atoms in total. The highest BCUT2D eigenvalue weighted by molar-refractivity contribution is 7.12. The maximum absolute atomic E-state index is 3.50. The van der Waals surface area contributed by atoms with Gasteiger partial charge in [0.1, 0.15) is 0 Å². The highest BCUT2D eigenvalue weighted by atomic mass is 32.1. The molecule has 0 N–H and O–H groups in total. The molecule has 1 aromatic carbocycles. The van der Waals surface area contributed by atoms with Crippen LogP contribution in [0.3, 0.4) is 0 Å². The molecule has 0 fully saturated rings. The van der Waals surface area contributed by atoms with E-state index in [1.165, 1.54) is 60.5 Å². The maximum atomic E-state index is 3.50.